The van der Waals surface area contributed by atoms with Crippen molar-refractivity contribution in [1.29, 1.82) is 0 Å². The Kier molecular flexibility index (Phi) is 5.31. The van der Waals surface area contributed by atoms with Crippen LogP contribution in [-0.4, -0.2) is 19.0 Å². The lowest BCUT2D eigenvalue weighted by molar-refractivity contribution is 0.102. The molecule has 2 aromatic carbocycles. The highest BCUT2D eigenvalue weighted by Crippen LogP contribution is 2.35. The molecule has 6 heteroatoms. The minimum absolute atomic E-state index is 0.196. The van der Waals surface area contributed by atoms with Gasteiger partial charge >= 0.3 is 0 Å². The first kappa shape index (κ1) is 17.1. The molecule has 1 aliphatic rings. The molecular formula is C18H19BrClN3O. The third kappa shape index (κ3) is 3.84. The largest absolute Gasteiger partial charge is 0.397 e. The topological polar surface area (TPSA) is 58.4 Å². The number of hydrogen-bond acceptors (Lipinski definition) is 3. The zero-order valence-corrected chi connectivity index (χ0v) is 15.5. The van der Waals surface area contributed by atoms with Crippen LogP contribution in [0.5, 0.6) is 0 Å². The quantitative estimate of drug-likeness (QED) is 0.708. The summed E-state index contributed by atoms with van der Waals surface area (Å²) < 4.78 is 0.928. The second kappa shape index (κ2) is 7.45. The number of amides is 1. The molecule has 1 heterocycles. The van der Waals surface area contributed by atoms with Crippen molar-refractivity contribution in [3.8, 4) is 0 Å². The van der Waals surface area contributed by atoms with Crippen LogP contribution in [0.15, 0.2) is 40.9 Å². The van der Waals surface area contributed by atoms with E-state index in [0.29, 0.717) is 22.0 Å². The maximum Gasteiger partial charge on any atom is 0.255 e. The van der Waals surface area contributed by atoms with E-state index in [-0.39, 0.29) is 5.91 Å². The van der Waals surface area contributed by atoms with Crippen LogP contribution >= 0.6 is 27.5 Å². The molecule has 2 aromatic rings. The lowest BCUT2D eigenvalue weighted by atomic mass is 10.1. The number of nitrogens with one attached hydrogen (secondary N) is 1. The molecule has 0 bridgehead atoms. The molecule has 4 nitrogen and oxygen atoms in total. The lowest BCUT2D eigenvalue weighted by Crippen LogP contribution is -2.30. The van der Waals surface area contributed by atoms with E-state index < -0.39 is 0 Å². The summed E-state index contributed by atoms with van der Waals surface area (Å²) in [6, 6.07) is 10.8. The van der Waals surface area contributed by atoms with E-state index in [1.807, 2.05) is 18.2 Å². The van der Waals surface area contributed by atoms with Gasteiger partial charge in [0.2, 0.25) is 0 Å². The molecule has 1 aliphatic heterocycles. The summed E-state index contributed by atoms with van der Waals surface area (Å²) in [7, 11) is 0. The highest BCUT2D eigenvalue weighted by molar-refractivity contribution is 9.10. The van der Waals surface area contributed by atoms with Crippen LogP contribution in [0.2, 0.25) is 5.02 Å². The first-order valence-corrected chi connectivity index (χ1v) is 9.12. The Morgan fingerprint density at radius 1 is 1.12 bits per heavy atom. The Hall–Kier alpha value is -1.72. The van der Waals surface area contributed by atoms with E-state index in [1.165, 1.54) is 6.42 Å². The average Bonchev–Trinajstić information content (AvgIpc) is 2.58. The van der Waals surface area contributed by atoms with Gasteiger partial charge in [-0.1, -0.05) is 27.5 Å². The van der Waals surface area contributed by atoms with Crippen molar-refractivity contribution in [1.82, 2.24) is 0 Å². The van der Waals surface area contributed by atoms with Crippen LogP contribution in [-0.2, 0) is 0 Å². The molecule has 1 saturated heterocycles. The SMILES string of the molecule is Nc1cc(Cl)c(NC(=O)c2ccc(Br)cc2)cc1N1CCCCC1. The van der Waals surface area contributed by atoms with Gasteiger partial charge in [-0.2, -0.15) is 0 Å². The molecule has 0 spiro atoms. The van der Waals surface area contributed by atoms with Gasteiger partial charge in [-0.05, 0) is 55.7 Å². The van der Waals surface area contributed by atoms with E-state index in [2.05, 4.69) is 26.1 Å². The standard InChI is InChI=1S/C18H19BrClN3O/c19-13-6-4-12(5-7-13)18(24)22-16-11-17(15(21)10-14(16)20)23-8-2-1-3-9-23/h4-7,10-11H,1-3,8-9,21H2,(H,22,24). The molecule has 3 N–H and O–H groups in total. The van der Waals surface area contributed by atoms with E-state index in [9.17, 15) is 4.79 Å². The van der Waals surface area contributed by atoms with Gasteiger partial charge < -0.3 is 16.0 Å². The zero-order chi connectivity index (χ0) is 17.1. The predicted molar refractivity (Wildman–Crippen MR) is 104 cm³/mol. The van der Waals surface area contributed by atoms with Gasteiger partial charge in [-0.25, -0.2) is 0 Å². The second-order valence-electron chi connectivity index (χ2n) is 5.90. The molecular weight excluding hydrogens is 390 g/mol. The minimum atomic E-state index is -0.196. The molecule has 0 saturated carbocycles. The van der Waals surface area contributed by atoms with Gasteiger partial charge in [0.05, 0.1) is 22.1 Å². The molecule has 24 heavy (non-hydrogen) atoms. The fourth-order valence-electron chi connectivity index (χ4n) is 2.88. The summed E-state index contributed by atoms with van der Waals surface area (Å²) in [4.78, 5) is 14.7. The predicted octanol–water partition coefficient (Wildman–Crippen LogP) is 4.93. The number of piperidine rings is 1. The molecule has 0 radical (unpaired) electrons. The first-order valence-electron chi connectivity index (χ1n) is 7.95. The molecule has 1 fully saturated rings. The molecule has 1 amide bonds. The fourth-order valence-corrected chi connectivity index (χ4v) is 3.36. The third-order valence-corrected chi connectivity index (χ3v) is 5.01. The summed E-state index contributed by atoms with van der Waals surface area (Å²) in [6.45, 7) is 1.96. The van der Waals surface area contributed by atoms with E-state index in [1.54, 1.807) is 18.2 Å². The summed E-state index contributed by atoms with van der Waals surface area (Å²) in [5.41, 5.74) is 8.87. The first-order chi connectivity index (χ1) is 11.5. The van der Waals surface area contributed by atoms with Gasteiger partial charge in [-0.3, -0.25) is 4.79 Å². The van der Waals surface area contributed by atoms with E-state index in [0.717, 1.165) is 36.1 Å². The summed E-state index contributed by atoms with van der Waals surface area (Å²) in [5.74, 6) is -0.196. The maximum atomic E-state index is 12.4. The fraction of sp³-hybridized carbons (Fsp3) is 0.278. The Morgan fingerprint density at radius 3 is 2.46 bits per heavy atom. The summed E-state index contributed by atoms with van der Waals surface area (Å²) in [5, 5.41) is 3.33. The van der Waals surface area contributed by atoms with E-state index >= 15 is 0 Å². The number of hydrogen-bond donors (Lipinski definition) is 2. The Labute approximate surface area is 155 Å². The van der Waals surface area contributed by atoms with Crippen LogP contribution < -0.4 is 16.0 Å². The molecule has 0 aliphatic carbocycles. The van der Waals surface area contributed by atoms with Crippen LogP contribution in [0, 0.1) is 0 Å². The Balaban J connectivity index is 1.84. The number of carbonyl (C=O) groups excluding carboxylic acids is 1. The number of anilines is 3. The molecule has 0 unspecified atom stereocenters. The number of nitrogen functional groups attached to an aromatic ring is 1. The lowest BCUT2D eigenvalue weighted by Gasteiger charge is -2.30. The van der Waals surface area contributed by atoms with Crippen molar-refractivity contribution in [2.45, 2.75) is 19.3 Å². The van der Waals surface area contributed by atoms with E-state index in [4.69, 9.17) is 17.3 Å². The molecule has 126 valence electrons. The number of nitrogens with zero attached hydrogens (tertiary/aromatic N) is 1. The van der Waals surface area contributed by atoms with Crippen molar-refractivity contribution in [3.05, 3.63) is 51.5 Å². The average molecular weight is 409 g/mol. The van der Waals surface area contributed by atoms with Gasteiger partial charge in [0.25, 0.3) is 5.91 Å². The molecule has 3 rings (SSSR count). The van der Waals surface area contributed by atoms with Crippen molar-refractivity contribution in [3.63, 3.8) is 0 Å². The number of nitrogens with two attached hydrogens (primary N) is 1. The van der Waals surface area contributed by atoms with Crippen LogP contribution in [0.3, 0.4) is 0 Å². The number of rotatable bonds is 3. The van der Waals surface area contributed by atoms with Crippen LogP contribution in [0.4, 0.5) is 17.1 Å². The monoisotopic (exact) mass is 407 g/mol. The van der Waals surface area contributed by atoms with Gasteiger partial charge in [-0.15, -0.1) is 0 Å². The maximum absolute atomic E-state index is 12.4. The van der Waals surface area contributed by atoms with Gasteiger partial charge in [0.1, 0.15) is 0 Å². The van der Waals surface area contributed by atoms with Crippen LogP contribution in [0.1, 0.15) is 29.6 Å². The second-order valence-corrected chi connectivity index (χ2v) is 7.22. The summed E-state index contributed by atoms with van der Waals surface area (Å²) >= 11 is 9.64. The molecule has 0 atom stereocenters. The normalized spacial score (nSPS) is 14.5. The van der Waals surface area contributed by atoms with Crippen molar-refractivity contribution in [2.75, 3.05) is 29.0 Å². The minimum Gasteiger partial charge on any atom is -0.397 e. The zero-order valence-electron chi connectivity index (χ0n) is 13.2. The number of carbonyl (C=O) groups is 1. The number of benzene rings is 2. The van der Waals surface area contributed by atoms with Gasteiger partial charge in [0, 0.05) is 23.1 Å². The highest BCUT2D eigenvalue weighted by Gasteiger charge is 2.17. The molecule has 0 aromatic heterocycles. The third-order valence-electron chi connectivity index (χ3n) is 4.17. The van der Waals surface area contributed by atoms with Crippen LogP contribution in [0.25, 0.3) is 0 Å². The van der Waals surface area contributed by atoms with Crippen molar-refractivity contribution in [2.24, 2.45) is 0 Å². The van der Waals surface area contributed by atoms with Gasteiger partial charge in [0.15, 0.2) is 0 Å². The summed E-state index contributed by atoms with van der Waals surface area (Å²) in [6.07, 6.45) is 3.56. The smallest absolute Gasteiger partial charge is 0.255 e. The number of halogens is 2. The Morgan fingerprint density at radius 2 is 1.79 bits per heavy atom. The Bertz CT molecular complexity index is 743. The van der Waals surface area contributed by atoms with Crippen molar-refractivity contribution >= 4 is 50.5 Å². The highest BCUT2D eigenvalue weighted by atomic mass is 79.9. The van der Waals surface area contributed by atoms with Crippen molar-refractivity contribution < 1.29 is 4.79 Å².